The molecular formula is C16H17N3O2. The number of rotatable bonds is 3. The molecule has 1 amide bonds. The Balaban J connectivity index is 1.73. The molecule has 0 aliphatic carbocycles. The van der Waals surface area contributed by atoms with Gasteiger partial charge in [0.25, 0.3) is 0 Å². The van der Waals surface area contributed by atoms with Crippen LogP contribution in [0.4, 0.5) is 11.5 Å². The predicted octanol–water partition coefficient (Wildman–Crippen LogP) is 2.26. The fourth-order valence-corrected chi connectivity index (χ4v) is 2.32. The minimum atomic E-state index is -0.281. The Morgan fingerprint density at radius 1 is 1.29 bits per heavy atom. The minimum absolute atomic E-state index is 0.0925. The van der Waals surface area contributed by atoms with Crippen LogP contribution in [0.5, 0.6) is 5.75 Å². The van der Waals surface area contributed by atoms with E-state index >= 15 is 0 Å². The minimum Gasteiger partial charge on any atom is -0.492 e. The zero-order valence-electron chi connectivity index (χ0n) is 12.0. The molecule has 5 heteroatoms. The molecule has 1 atom stereocenters. The van der Waals surface area contributed by atoms with E-state index < -0.39 is 0 Å². The number of aromatic nitrogens is 1. The molecule has 0 spiro atoms. The molecular weight excluding hydrogens is 266 g/mol. The van der Waals surface area contributed by atoms with E-state index in [4.69, 9.17) is 4.74 Å². The van der Waals surface area contributed by atoms with Crippen LogP contribution in [0, 0.1) is 0 Å². The molecule has 1 unspecified atom stereocenters. The Hall–Kier alpha value is -2.56. The maximum Gasteiger partial charge on any atom is 0.236 e. The fraction of sp³-hybridized carbons (Fsp3) is 0.250. The number of nitrogens with zero attached hydrogens (tertiary/aromatic N) is 2. The monoisotopic (exact) mass is 283 g/mol. The smallest absolute Gasteiger partial charge is 0.236 e. The van der Waals surface area contributed by atoms with E-state index in [1.54, 1.807) is 12.3 Å². The first-order valence-electron chi connectivity index (χ1n) is 6.81. The Kier molecular flexibility index (Phi) is 3.48. The summed E-state index contributed by atoms with van der Waals surface area (Å²) in [6.07, 6.45) is 1.73. The van der Waals surface area contributed by atoms with Crippen molar-refractivity contribution in [2.24, 2.45) is 0 Å². The number of amides is 1. The first kappa shape index (κ1) is 13.4. The summed E-state index contributed by atoms with van der Waals surface area (Å²) >= 11 is 0. The third-order valence-corrected chi connectivity index (χ3v) is 3.53. The van der Waals surface area contributed by atoms with Crippen LogP contribution in [-0.2, 0) is 4.79 Å². The van der Waals surface area contributed by atoms with Crippen molar-refractivity contribution in [3.63, 3.8) is 0 Å². The average molecular weight is 283 g/mol. The molecule has 0 bridgehead atoms. The van der Waals surface area contributed by atoms with Gasteiger partial charge in [-0.3, -0.25) is 4.79 Å². The number of hydrogen-bond donors (Lipinski definition) is 1. The number of fused-ring (bicyclic) bond motifs is 1. The number of nitrogens with one attached hydrogen (secondary N) is 1. The van der Waals surface area contributed by atoms with Crippen molar-refractivity contribution in [2.45, 2.75) is 5.92 Å². The van der Waals surface area contributed by atoms with E-state index in [0.717, 1.165) is 17.0 Å². The zero-order chi connectivity index (χ0) is 14.8. The number of pyridine rings is 1. The van der Waals surface area contributed by atoms with Crippen molar-refractivity contribution >= 4 is 17.4 Å². The lowest BCUT2D eigenvalue weighted by atomic mass is 10.0. The maximum absolute atomic E-state index is 12.4. The molecule has 0 fully saturated rings. The second-order valence-corrected chi connectivity index (χ2v) is 5.19. The Morgan fingerprint density at radius 2 is 2.10 bits per heavy atom. The van der Waals surface area contributed by atoms with Gasteiger partial charge >= 0.3 is 0 Å². The third-order valence-electron chi connectivity index (χ3n) is 3.53. The molecule has 0 saturated heterocycles. The highest BCUT2D eigenvalue weighted by molar-refractivity contribution is 5.96. The van der Waals surface area contributed by atoms with Crippen LogP contribution in [0.15, 0.2) is 42.6 Å². The summed E-state index contributed by atoms with van der Waals surface area (Å²) in [5, 5.41) is 2.84. The van der Waals surface area contributed by atoms with Gasteiger partial charge in [0.2, 0.25) is 5.91 Å². The van der Waals surface area contributed by atoms with Gasteiger partial charge in [0, 0.05) is 19.7 Å². The van der Waals surface area contributed by atoms with Gasteiger partial charge in [-0.25, -0.2) is 4.98 Å². The highest BCUT2D eigenvalue weighted by Crippen LogP contribution is 2.34. The van der Waals surface area contributed by atoms with Gasteiger partial charge < -0.3 is 15.0 Å². The van der Waals surface area contributed by atoms with Crippen LogP contribution in [0.3, 0.4) is 0 Å². The molecule has 1 aromatic carbocycles. The molecule has 1 aliphatic rings. The number of hydrogen-bond acceptors (Lipinski definition) is 4. The van der Waals surface area contributed by atoms with Crippen LogP contribution in [0.2, 0.25) is 0 Å². The Labute approximate surface area is 123 Å². The van der Waals surface area contributed by atoms with Gasteiger partial charge in [-0.15, -0.1) is 0 Å². The molecule has 108 valence electrons. The van der Waals surface area contributed by atoms with Crippen molar-refractivity contribution in [1.82, 2.24) is 4.98 Å². The van der Waals surface area contributed by atoms with Crippen LogP contribution in [-0.4, -0.2) is 31.6 Å². The molecule has 1 aromatic heterocycles. The van der Waals surface area contributed by atoms with Crippen molar-refractivity contribution < 1.29 is 9.53 Å². The average Bonchev–Trinajstić information content (AvgIpc) is 2.92. The third kappa shape index (κ3) is 2.67. The van der Waals surface area contributed by atoms with Crippen LogP contribution < -0.4 is 15.0 Å². The lowest BCUT2D eigenvalue weighted by Crippen LogP contribution is -2.22. The summed E-state index contributed by atoms with van der Waals surface area (Å²) in [6, 6.07) is 11.3. The van der Waals surface area contributed by atoms with Crippen molar-refractivity contribution in [1.29, 1.82) is 0 Å². The van der Waals surface area contributed by atoms with Crippen molar-refractivity contribution in [3.8, 4) is 5.75 Å². The molecule has 2 heterocycles. The van der Waals surface area contributed by atoms with E-state index in [0.29, 0.717) is 12.4 Å². The number of benzene rings is 1. The molecule has 21 heavy (non-hydrogen) atoms. The van der Waals surface area contributed by atoms with E-state index in [2.05, 4.69) is 10.3 Å². The summed E-state index contributed by atoms with van der Waals surface area (Å²) in [6.45, 7) is 0.376. The zero-order valence-corrected chi connectivity index (χ0v) is 12.0. The second-order valence-electron chi connectivity index (χ2n) is 5.19. The van der Waals surface area contributed by atoms with E-state index in [-0.39, 0.29) is 11.8 Å². The number of ether oxygens (including phenoxy) is 1. The normalized spacial score (nSPS) is 16.0. The number of para-hydroxylation sites is 1. The predicted molar refractivity (Wildman–Crippen MR) is 81.9 cm³/mol. The Morgan fingerprint density at radius 3 is 2.81 bits per heavy atom. The molecule has 5 nitrogen and oxygen atoms in total. The first-order chi connectivity index (χ1) is 10.1. The van der Waals surface area contributed by atoms with E-state index in [1.807, 2.05) is 49.3 Å². The fourth-order valence-electron chi connectivity index (χ4n) is 2.32. The van der Waals surface area contributed by atoms with Gasteiger partial charge in [-0.2, -0.15) is 0 Å². The highest BCUT2D eigenvalue weighted by atomic mass is 16.5. The molecule has 2 aromatic rings. The maximum atomic E-state index is 12.4. The summed E-state index contributed by atoms with van der Waals surface area (Å²) in [4.78, 5) is 18.6. The number of carbonyl (C=O) groups excluding carboxylic acids is 1. The van der Waals surface area contributed by atoms with Crippen LogP contribution >= 0.6 is 0 Å². The molecule has 0 saturated carbocycles. The van der Waals surface area contributed by atoms with Crippen LogP contribution in [0.1, 0.15) is 11.5 Å². The summed E-state index contributed by atoms with van der Waals surface area (Å²) in [5.41, 5.74) is 1.92. The first-order valence-corrected chi connectivity index (χ1v) is 6.81. The number of carbonyl (C=O) groups is 1. The van der Waals surface area contributed by atoms with E-state index in [1.165, 1.54) is 0 Å². The quantitative estimate of drug-likeness (QED) is 0.939. The Bertz CT molecular complexity index is 653. The number of anilines is 2. The van der Waals surface area contributed by atoms with E-state index in [9.17, 15) is 4.79 Å². The lowest BCUT2D eigenvalue weighted by Gasteiger charge is -2.13. The second kappa shape index (κ2) is 5.44. The van der Waals surface area contributed by atoms with Gasteiger partial charge in [0.05, 0.1) is 11.9 Å². The van der Waals surface area contributed by atoms with Gasteiger partial charge in [0.15, 0.2) is 0 Å². The SMILES string of the molecule is CN(C)c1ccc(NC(=O)C2COc3ccccc32)nc1. The lowest BCUT2D eigenvalue weighted by molar-refractivity contribution is -0.117. The van der Waals surface area contributed by atoms with Crippen LogP contribution in [0.25, 0.3) is 0 Å². The summed E-state index contributed by atoms with van der Waals surface area (Å²) in [5.74, 6) is 0.963. The van der Waals surface area contributed by atoms with Crippen molar-refractivity contribution in [2.75, 3.05) is 30.9 Å². The van der Waals surface area contributed by atoms with Crippen molar-refractivity contribution in [3.05, 3.63) is 48.2 Å². The summed E-state index contributed by atoms with van der Waals surface area (Å²) in [7, 11) is 3.89. The standard InChI is InChI=1S/C16H17N3O2/c1-19(2)11-7-8-15(17-9-11)18-16(20)13-10-21-14-6-4-3-5-12(13)14/h3-9,13H,10H2,1-2H3,(H,17,18,20). The molecule has 0 radical (unpaired) electrons. The molecule has 1 aliphatic heterocycles. The van der Waals surface area contributed by atoms with Gasteiger partial charge in [-0.1, -0.05) is 18.2 Å². The summed E-state index contributed by atoms with van der Waals surface area (Å²) < 4.78 is 5.53. The topological polar surface area (TPSA) is 54.5 Å². The van der Waals surface area contributed by atoms with Gasteiger partial charge in [-0.05, 0) is 18.2 Å². The molecule has 3 rings (SSSR count). The largest absolute Gasteiger partial charge is 0.492 e. The van der Waals surface area contributed by atoms with Gasteiger partial charge in [0.1, 0.15) is 24.1 Å². The molecule has 1 N–H and O–H groups in total. The highest BCUT2D eigenvalue weighted by Gasteiger charge is 2.30.